The van der Waals surface area contributed by atoms with Crippen LogP contribution in [-0.2, 0) is 18.6 Å². The van der Waals surface area contributed by atoms with E-state index in [1.807, 2.05) is 0 Å². The SMILES string of the molecule is CO[C@@H]1O[C@H](COP(=O)([O-])[O-])[C@@H](O)[C@@H]1O.[Na+].[Na+]. The van der Waals surface area contributed by atoms with Crippen LogP contribution >= 0.6 is 7.82 Å². The third-order valence-electron chi connectivity index (χ3n) is 1.95. The van der Waals surface area contributed by atoms with Gasteiger partial charge in [-0.3, -0.25) is 0 Å². The van der Waals surface area contributed by atoms with Crippen molar-refractivity contribution in [3.05, 3.63) is 0 Å². The Balaban J connectivity index is 0. The summed E-state index contributed by atoms with van der Waals surface area (Å²) in [6.07, 6.45) is -4.84. The number of aliphatic hydroxyl groups is 2. The van der Waals surface area contributed by atoms with E-state index < -0.39 is 39.0 Å². The smallest absolute Gasteiger partial charge is 0.790 e. The summed E-state index contributed by atoms with van der Waals surface area (Å²) in [5.41, 5.74) is 0. The van der Waals surface area contributed by atoms with Gasteiger partial charge in [0.1, 0.15) is 18.3 Å². The maximum absolute atomic E-state index is 10.1. The van der Waals surface area contributed by atoms with Gasteiger partial charge in [-0.05, 0) is 0 Å². The van der Waals surface area contributed by atoms with Crippen molar-refractivity contribution in [3.8, 4) is 0 Å². The third-order valence-corrected chi connectivity index (χ3v) is 2.41. The Bertz CT molecular complexity index is 260. The molecule has 0 bridgehead atoms. The Morgan fingerprint density at radius 3 is 2.18 bits per heavy atom. The summed E-state index contributed by atoms with van der Waals surface area (Å²) in [6.45, 7) is -0.650. The molecule has 1 rings (SSSR count). The molecule has 0 saturated carbocycles. The number of hydrogen-bond acceptors (Lipinski definition) is 8. The fourth-order valence-electron chi connectivity index (χ4n) is 1.21. The van der Waals surface area contributed by atoms with Crippen LogP contribution < -0.4 is 68.9 Å². The monoisotopic (exact) mass is 288 g/mol. The van der Waals surface area contributed by atoms with E-state index in [1.54, 1.807) is 0 Å². The molecular weight excluding hydrogens is 277 g/mol. The van der Waals surface area contributed by atoms with Crippen LogP contribution in [0.2, 0.25) is 0 Å². The first-order chi connectivity index (χ1) is 6.85. The second-order valence-electron chi connectivity index (χ2n) is 3.00. The van der Waals surface area contributed by atoms with Gasteiger partial charge in [-0.1, -0.05) is 0 Å². The molecule has 17 heavy (non-hydrogen) atoms. The minimum absolute atomic E-state index is 0. The van der Waals surface area contributed by atoms with Gasteiger partial charge in [-0.15, -0.1) is 0 Å². The minimum Gasteiger partial charge on any atom is -0.790 e. The number of ether oxygens (including phenoxy) is 2. The molecule has 0 aliphatic carbocycles. The van der Waals surface area contributed by atoms with Crippen molar-refractivity contribution in [1.29, 1.82) is 0 Å². The average Bonchev–Trinajstić information content (AvgIpc) is 2.40. The topological polar surface area (TPSA) is 131 Å². The molecule has 1 fully saturated rings. The van der Waals surface area contributed by atoms with Crippen LogP contribution in [0.4, 0.5) is 0 Å². The van der Waals surface area contributed by atoms with Crippen LogP contribution in [0.25, 0.3) is 0 Å². The molecule has 0 aromatic carbocycles. The first-order valence-corrected chi connectivity index (χ1v) is 5.52. The number of aliphatic hydroxyl groups excluding tert-OH is 2. The molecule has 0 amide bonds. The zero-order chi connectivity index (χ0) is 11.6. The zero-order valence-corrected chi connectivity index (χ0v) is 14.7. The van der Waals surface area contributed by atoms with Gasteiger partial charge in [0.05, 0.1) is 14.4 Å². The van der Waals surface area contributed by atoms with E-state index in [0.29, 0.717) is 0 Å². The standard InChI is InChI=1S/C6H13O8P.2Na/c1-12-6-5(8)4(7)3(14-6)2-13-15(9,10)11;;/h3-8H,2H2,1H3,(H2,9,10,11);;/q;2*+1/p-2/t3-,4-,5+,6-;;/m1../s1. The molecule has 11 heteroatoms. The Labute approximate surface area is 142 Å². The molecular formula is C6H11Na2O8P. The Kier molecular flexibility index (Phi) is 11.2. The van der Waals surface area contributed by atoms with Crippen molar-refractivity contribution in [2.24, 2.45) is 0 Å². The molecule has 0 aromatic rings. The number of hydrogen-bond donors (Lipinski definition) is 2. The Hall–Kier alpha value is 1.95. The number of methoxy groups -OCH3 is 1. The van der Waals surface area contributed by atoms with Gasteiger partial charge < -0.3 is 38.6 Å². The molecule has 0 spiro atoms. The molecule has 1 saturated heterocycles. The average molecular weight is 288 g/mol. The second-order valence-corrected chi connectivity index (χ2v) is 4.16. The van der Waals surface area contributed by atoms with Gasteiger partial charge in [-0.2, -0.15) is 0 Å². The van der Waals surface area contributed by atoms with Crippen molar-refractivity contribution in [2.45, 2.75) is 24.6 Å². The van der Waals surface area contributed by atoms with E-state index in [4.69, 9.17) is 4.74 Å². The summed E-state index contributed by atoms with van der Waals surface area (Å²) >= 11 is 0. The normalized spacial score (nSPS) is 32.8. The number of phosphoric ester groups is 1. The molecule has 4 atom stereocenters. The minimum atomic E-state index is -5.11. The van der Waals surface area contributed by atoms with Gasteiger partial charge in [0.15, 0.2) is 6.29 Å². The summed E-state index contributed by atoms with van der Waals surface area (Å²) in [5.74, 6) is 0. The van der Waals surface area contributed by atoms with Crippen LogP contribution in [0.15, 0.2) is 0 Å². The molecule has 0 aromatic heterocycles. The molecule has 90 valence electrons. The van der Waals surface area contributed by atoms with Gasteiger partial charge in [0.25, 0.3) is 0 Å². The molecule has 0 radical (unpaired) electrons. The van der Waals surface area contributed by atoms with Crippen LogP contribution in [-0.4, -0.2) is 48.5 Å². The third kappa shape index (κ3) is 6.78. The molecule has 1 heterocycles. The fraction of sp³-hybridized carbons (Fsp3) is 1.00. The van der Waals surface area contributed by atoms with Crippen LogP contribution in [0.1, 0.15) is 0 Å². The van der Waals surface area contributed by atoms with Crippen molar-refractivity contribution < 1.29 is 97.7 Å². The molecule has 8 nitrogen and oxygen atoms in total. The first-order valence-electron chi connectivity index (χ1n) is 4.06. The summed E-state index contributed by atoms with van der Waals surface area (Å²) in [4.78, 5) is 20.3. The fourth-order valence-corrected chi connectivity index (χ4v) is 1.54. The molecule has 2 N–H and O–H groups in total. The van der Waals surface area contributed by atoms with Gasteiger partial charge in [0, 0.05) is 7.11 Å². The molecule has 1 aliphatic heterocycles. The van der Waals surface area contributed by atoms with Gasteiger partial charge in [0.2, 0.25) is 0 Å². The zero-order valence-electron chi connectivity index (χ0n) is 9.81. The predicted octanol–water partition coefficient (Wildman–Crippen LogP) is -9.07. The van der Waals surface area contributed by atoms with Crippen LogP contribution in [0.3, 0.4) is 0 Å². The van der Waals surface area contributed by atoms with Gasteiger partial charge in [-0.25, -0.2) is 0 Å². The van der Waals surface area contributed by atoms with Crippen LogP contribution in [0.5, 0.6) is 0 Å². The quantitative estimate of drug-likeness (QED) is 0.385. The summed E-state index contributed by atoms with van der Waals surface area (Å²) in [5, 5.41) is 18.6. The van der Waals surface area contributed by atoms with E-state index in [2.05, 4.69) is 9.26 Å². The number of phosphoric acid groups is 1. The first kappa shape index (κ1) is 21.3. The van der Waals surface area contributed by atoms with Crippen molar-refractivity contribution in [2.75, 3.05) is 13.7 Å². The largest absolute Gasteiger partial charge is 1.00 e. The van der Waals surface area contributed by atoms with Crippen molar-refractivity contribution in [1.82, 2.24) is 0 Å². The number of rotatable bonds is 4. The van der Waals surface area contributed by atoms with E-state index in [0.717, 1.165) is 0 Å². The predicted molar refractivity (Wildman–Crippen MR) is 41.2 cm³/mol. The molecule has 1 aliphatic rings. The van der Waals surface area contributed by atoms with Crippen molar-refractivity contribution in [3.63, 3.8) is 0 Å². The van der Waals surface area contributed by atoms with E-state index in [-0.39, 0.29) is 59.1 Å². The Morgan fingerprint density at radius 1 is 1.29 bits per heavy atom. The van der Waals surface area contributed by atoms with Gasteiger partial charge >= 0.3 is 59.1 Å². The van der Waals surface area contributed by atoms with E-state index in [1.165, 1.54) is 7.11 Å². The maximum Gasteiger partial charge on any atom is 1.00 e. The summed E-state index contributed by atoms with van der Waals surface area (Å²) in [7, 11) is -3.86. The summed E-state index contributed by atoms with van der Waals surface area (Å²) in [6, 6.07) is 0. The van der Waals surface area contributed by atoms with Crippen LogP contribution in [0, 0.1) is 0 Å². The van der Waals surface area contributed by atoms with E-state index >= 15 is 0 Å². The Morgan fingerprint density at radius 2 is 1.82 bits per heavy atom. The second kappa shape index (κ2) is 8.99. The van der Waals surface area contributed by atoms with E-state index in [9.17, 15) is 24.6 Å². The van der Waals surface area contributed by atoms with Crippen molar-refractivity contribution >= 4 is 7.82 Å². The maximum atomic E-state index is 10.1. The molecule has 0 unspecified atom stereocenters. The summed E-state index contributed by atoms with van der Waals surface area (Å²) < 4.78 is 23.6.